The van der Waals surface area contributed by atoms with Crippen LogP contribution in [0.25, 0.3) is 0 Å². The second-order valence-corrected chi connectivity index (χ2v) is 5.39. The molecule has 1 aromatic heterocycles. The zero-order valence-electron chi connectivity index (χ0n) is 11.6. The predicted octanol–water partition coefficient (Wildman–Crippen LogP) is 1.72. The van der Waals surface area contributed by atoms with Gasteiger partial charge in [-0.05, 0) is 49.9 Å². The molecular weight excluding hydrogens is 238 g/mol. The van der Waals surface area contributed by atoms with Gasteiger partial charge in [0, 0.05) is 12.6 Å². The highest BCUT2D eigenvalue weighted by atomic mass is 16.1. The maximum Gasteiger partial charge on any atom is 0.220 e. The molecule has 4 heteroatoms. The monoisotopic (exact) mass is 261 g/mol. The van der Waals surface area contributed by atoms with Gasteiger partial charge in [0.15, 0.2) is 0 Å². The van der Waals surface area contributed by atoms with E-state index in [1.165, 1.54) is 12.8 Å². The van der Waals surface area contributed by atoms with E-state index in [4.69, 9.17) is 0 Å². The smallest absolute Gasteiger partial charge is 0.220 e. The van der Waals surface area contributed by atoms with Crippen LogP contribution in [0.15, 0.2) is 24.4 Å². The van der Waals surface area contributed by atoms with Crippen LogP contribution in [0.2, 0.25) is 0 Å². The summed E-state index contributed by atoms with van der Waals surface area (Å²) in [5, 5.41) is 6.35. The first-order chi connectivity index (χ1) is 9.25. The van der Waals surface area contributed by atoms with Gasteiger partial charge in [-0.3, -0.25) is 9.78 Å². The van der Waals surface area contributed by atoms with E-state index in [1.807, 2.05) is 18.2 Å². The molecule has 1 aliphatic heterocycles. The number of amides is 1. The second kappa shape index (κ2) is 7.24. The van der Waals surface area contributed by atoms with Gasteiger partial charge in [-0.2, -0.15) is 0 Å². The van der Waals surface area contributed by atoms with Gasteiger partial charge in [-0.1, -0.05) is 13.0 Å². The number of piperidine rings is 1. The molecule has 1 saturated heterocycles. The third-order valence-corrected chi connectivity index (χ3v) is 3.84. The van der Waals surface area contributed by atoms with Crippen molar-refractivity contribution < 1.29 is 4.79 Å². The van der Waals surface area contributed by atoms with E-state index < -0.39 is 0 Å². The number of aromatic nitrogens is 1. The number of rotatable bonds is 5. The minimum Gasteiger partial charge on any atom is -0.350 e. The van der Waals surface area contributed by atoms with E-state index in [9.17, 15) is 4.79 Å². The summed E-state index contributed by atoms with van der Waals surface area (Å²) in [5.41, 5.74) is 0.905. The standard InChI is InChI=1S/C15H23N3O/c1-12(13-5-4-7-16-10-13)9-15(19)18-11-14-6-2-3-8-17-14/h2-3,6,8,12-13,16H,4-5,7,9-11H2,1H3,(H,18,19). The van der Waals surface area contributed by atoms with Crippen LogP contribution in [-0.4, -0.2) is 24.0 Å². The summed E-state index contributed by atoms with van der Waals surface area (Å²) in [7, 11) is 0. The summed E-state index contributed by atoms with van der Waals surface area (Å²) < 4.78 is 0. The Bertz CT molecular complexity index is 388. The number of nitrogens with one attached hydrogen (secondary N) is 2. The van der Waals surface area contributed by atoms with Gasteiger partial charge in [-0.15, -0.1) is 0 Å². The Morgan fingerprint density at radius 1 is 1.58 bits per heavy atom. The minimum atomic E-state index is 0.128. The largest absolute Gasteiger partial charge is 0.350 e. The molecule has 19 heavy (non-hydrogen) atoms. The van der Waals surface area contributed by atoms with E-state index in [2.05, 4.69) is 22.5 Å². The molecule has 0 spiro atoms. The molecule has 2 heterocycles. The Morgan fingerprint density at radius 2 is 2.47 bits per heavy atom. The van der Waals surface area contributed by atoms with Crippen LogP contribution >= 0.6 is 0 Å². The molecule has 0 saturated carbocycles. The van der Waals surface area contributed by atoms with Crippen LogP contribution < -0.4 is 10.6 Å². The molecule has 1 fully saturated rings. The molecule has 0 aliphatic carbocycles. The third-order valence-electron chi connectivity index (χ3n) is 3.84. The number of hydrogen-bond acceptors (Lipinski definition) is 3. The lowest BCUT2D eigenvalue weighted by Crippen LogP contribution is -2.35. The van der Waals surface area contributed by atoms with Gasteiger partial charge in [0.05, 0.1) is 12.2 Å². The van der Waals surface area contributed by atoms with Crippen LogP contribution in [0.4, 0.5) is 0 Å². The summed E-state index contributed by atoms with van der Waals surface area (Å²) in [5.74, 6) is 1.20. The molecule has 0 radical (unpaired) electrons. The zero-order chi connectivity index (χ0) is 13.5. The van der Waals surface area contributed by atoms with Crippen LogP contribution in [0.3, 0.4) is 0 Å². The Kier molecular flexibility index (Phi) is 5.33. The fraction of sp³-hybridized carbons (Fsp3) is 0.600. The van der Waals surface area contributed by atoms with Gasteiger partial charge in [0.1, 0.15) is 0 Å². The van der Waals surface area contributed by atoms with Crippen molar-refractivity contribution in [1.29, 1.82) is 0 Å². The second-order valence-electron chi connectivity index (χ2n) is 5.39. The van der Waals surface area contributed by atoms with Crippen molar-refractivity contribution in [3.63, 3.8) is 0 Å². The Labute approximate surface area is 115 Å². The predicted molar refractivity (Wildman–Crippen MR) is 75.5 cm³/mol. The molecule has 2 rings (SSSR count). The number of hydrogen-bond donors (Lipinski definition) is 2. The first-order valence-electron chi connectivity index (χ1n) is 7.13. The lowest BCUT2D eigenvalue weighted by Gasteiger charge is -2.28. The zero-order valence-corrected chi connectivity index (χ0v) is 11.6. The molecule has 1 aliphatic rings. The highest BCUT2D eigenvalue weighted by Crippen LogP contribution is 2.22. The Balaban J connectivity index is 1.71. The Hall–Kier alpha value is -1.42. The molecule has 2 unspecified atom stereocenters. The lowest BCUT2D eigenvalue weighted by molar-refractivity contribution is -0.122. The van der Waals surface area contributed by atoms with Crippen molar-refractivity contribution in [3.05, 3.63) is 30.1 Å². The van der Waals surface area contributed by atoms with Crippen molar-refractivity contribution >= 4 is 5.91 Å². The van der Waals surface area contributed by atoms with E-state index >= 15 is 0 Å². The molecule has 0 aromatic carbocycles. The topological polar surface area (TPSA) is 54.0 Å². The van der Waals surface area contributed by atoms with E-state index in [1.54, 1.807) is 6.20 Å². The fourth-order valence-corrected chi connectivity index (χ4v) is 2.59. The van der Waals surface area contributed by atoms with E-state index in [0.29, 0.717) is 24.8 Å². The maximum atomic E-state index is 11.9. The lowest BCUT2D eigenvalue weighted by atomic mass is 9.85. The molecule has 1 aromatic rings. The fourth-order valence-electron chi connectivity index (χ4n) is 2.59. The van der Waals surface area contributed by atoms with Crippen LogP contribution in [0.5, 0.6) is 0 Å². The van der Waals surface area contributed by atoms with Crippen molar-refractivity contribution in [2.75, 3.05) is 13.1 Å². The summed E-state index contributed by atoms with van der Waals surface area (Å²) in [6.07, 6.45) is 4.82. The number of pyridine rings is 1. The first kappa shape index (κ1) is 14.0. The third kappa shape index (κ3) is 4.63. The number of carbonyl (C=O) groups is 1. The summed E-state index contributed by atoms with van der Waals surface area (Å²) >= 11 is 0. The van der Waals surface area contributed by atoms with E-state index in [0.717, 1.165) is 18.8 Å². The summed E-state index contributed by atoms with van der Waals surface area (Å²) in [6, 6.07) is 5.74. The van der Waals surface area contributed by atoms with Crippen LogP contribution in [0, 0.1) is 11.8 Å². The number of carbonyl (C=O) groups excluding carboxylic acids is 1. The van der Waals surface area contributed by atoms with E-state index in [-0.39, 0.29) is 5.91 Å². The highest BCUT2D eigenvalue weighted by Gasteiger charge is 2.21. The molecule has 1 amide bonds. The maximum absolute atomic E-state index is 11.9. The van der Waals surface area contributed by atoms with Gasteiger partial charge in [0.25, 0.3) is 0 Å². The molecular formula is C15H23N3O. The summed E-state index contributed by atoms with van der Waals surface area (Å²) in [6.45, 7) is 4.87. The van der Waals surface area contributed by atoms with Crippen molar-refractivity contribution in [1.82, 2.24) is 15.6 Å². The van der Waals surface area contributed by atoms with Crippen molar-refractivity contribution in [2.45, 2.75) is 32.7 Å². The molecule has 2 N–H and O–H groups in total. The molecule has 2 atom stereocenters. The quantitative estimate of drug-likeness (QED) is 0.848. The van der Waals surface area contributed by atoms with Gasteiger partial charge in [-0.25, -0.2) is 0 Å². The van der Waals surface area contributed by atoms with Crippen molar-refractivity contribution in [2.24, 2.45) is 11.8 Å². The molecule has 104 valence electrons. The molecule has 0 bridgehead atoms. The van der Waals surface area contributed by atoms with Gasteiger partial charge in [0.2, 0.25) is 5.91 Å². The van der Waals surface area contributed by atoms with Crippen molar-refractivity contribution in [3.8, 4) is 0 Å². The number of nitrogens with zero attached hydrogens (tertiary/aromatic N) is 1. The van der Waals surface area contributed by atoms with Crippen LogP contribution in [0.1, 0.15) is 31.9 Å². The summed E-state index contributed by atoms with van der Waals surface area (Å²) in [4.78, 5) is 16.1. The average Bonchev–Trinajstić information content (AvgIpc) is 2.47. The average molecular weight is 261 g/mol. The molecule has 4 nitrogen and oxygen atoms in total. The SMILES string of the molecule is CC(CC(=O)NCc1ccccn1)C1CCCNC1. The highest BCUT2D eigenvalue weighted by molar-refractivity contribution is 5.76. The minimum absolute atomic E-state index is 0.128. The first-order valence-corrected chi connectivity index (χ1v) is 7.13. The Morgan fingerprint density at radius 3 is 3.16 bits per heavy atom. The van der Waals surface area contributed by atoms with Crippen LogP contribution in [-0.2, 0) is 11.3 Å². The normalized spacial score (nSPS) is 20.8. The van der Waals surface area contributed by atoms with Gasteiger partial charge < -0.3 is 10.6 Å². The van der Waals surface area contributed by atoms with Gasteiger partial charge >= 0.3 is 0 Å².